The van der Waals surface area contributed by atoms with E-state index in [4.69, 9.17) is 0 Å². The van der Waals surface area contributed by atoms with Crippen LogP contribution in [0.2, 0.25) is 0 Å². The molecule has 8 heterocycles. The highest BCUT2D eigenvalue weighted by atomic mass is 19.3. The Hall–Kier alpha value is -8.96. The second-order valence-electron chi connectivity index (χ2n) is 18.7. The monoisotopic (exact) mass is 1040 g/mol. The van der Waals surface area contributed by atoms with Crippen LogP contribution in [0, 0.1) is 0 Å². The van der Waals surface area contributed by atoms with Crippen LogP contribution in [0.15, 0.2) is 119 Å². The van der Waals surface area contributed by atoms with Gasteiger partial charge in [0.1, 0.15) is 11.5 Å². The molecule has 0 bridgehead atoms. The fraction of sp³-hybridized carbons (Fsp3) is 0.308. The summed E-state index contributed by atoms with van der Waals surface area (Å²) in [6.07, 6.45) is 6.96. The largest absolute Gasteiger partial charge is 0.434 e. The summed E-state index contributed by atoms with van der Waals surface area (Å²) >= 11 is 0. The first-order valence-electron chi connectivity index (χ1n) is 24.5. The van der Waals surface area contributed by atoms with Gasteiger partial charge in [0.15, 0.2) is 0 Å². The van der Waals surface area contributed by atoms with E-state index in [0.717, 1.165) is 22.3 Å². The van der Waals surface area contributed by atoms with Gasteiger partial charge >= 0.3 is 25.3 Å². The number of hydrogen-bond donors (Lipinski definition) is 2. The molecule has 2 atom stereocenters. The summed E-state index contributed by atoms with van der Waals surface area (Å²) in [5, 5.41) is 6.76. The van der Waals surface area contributed by atoms with Crippen molar-refractivity contribution in [1.29, 1.82) is 0 Å². The zero-order valence-corrected chi connectivity index (χ0v) is 41.1. The van der Waals surface area contributed by atoms with Gasteiger partial charge in [0.25, 0.3) is 11.1 Å². The van der Waals surface area contributed by atoms with Crippen LogP contribution in [0.5, 0.6) is 11.5 Å². The Morgan fingerprint density at radius 1 is 0.539 bits per heavy atom. The summed E-state index contributed by atoms with van der Waals surface area (Å²) in [5.41, 5.74) is 5.16. The summed E-state index contributed by atoms with van der Waals surface area (Å²) in [6.45, 7) is -0.448. The molecule has 4 aliphatic rings. The number of hydrogen-bond acceptors (Lipinski definition) is 12. The van der Waals surface area contributed by atoms with Crippen LogP contribution in [0.1, 0.15) is 11.1 Å². The lowest BCUT2D eigenvalue weighted by Gasteiger charge is -2.36. The summed E-state index contributed by atoms with van der Waals surface area (Å²) in [6, 6.07) is 24.2. The highest BCUT2D eigenvalue weighted by Crippen LogP contribution is 2.30. The maximum atomic E-state index is 12.9. The maximum Gasteiger partial charge on any atom is 0.387 e. The number of ether oxygens (including phenoxy) is 2. The average Bonchev–Trinajstić information content (AvgIpc) is 4.13. The number of alkyl halides is 4. The molecular formula is C52H50F4N14O6. The van der Waals surface area contributed by atoms with E-state index in [-0.39, 0.29) is 59.9 Å². The Labute approximate surface area is 430 Å². The van der Waals surface area contributed by atoms with E-state index in [1.54, 1.807) is 96.8 Å². The molecule has 0 radical (unpaired) electrons. The van der Waals surface area contributed by atoms with Gasteiger partial charge in [-0.1, -0.05) is 48.5 Å². The number of aromatic nitrogens is 8. The van der Waals surface area contributed by atoms with E-state index in [1.807, 2.05) is 34.1 Å². The lowest BCUT2D eigenvalue weighted by Crippen LogP contribution is -2.52. The normalized spacial score (nSPS) is 17.3. The van der Waals surface area contributed by atoms with Gasteiger partial charge in [-0.15, -0.1) is 0 Å². The fourth-order valence-corrected chi connectivity index (χ4v) is 10.3. The smallest absolute Gasteiger partial charge is 0.387 e. The minimum absolute atomic E-state index is 0.0225. The van der Waals surface area contributed by atoms with Crippen LogP contribution < -0.4 is 41.0 Å². The Bertz CT molecular complexity index is 3370. The summed E-state index contributed by atoms with van der Waals surface area (Å²) in [5.74, 6) is 1.33. The van der Waals surface area contributed by atoms with Crippen molar-refractivity contribution in [1.82, 2.24) is 59.1 Å². The molecule has 4 aromatic carbocycles. The first-order valence-corrected chi connectivity index (χ1v) is 24.5. The molecule has 0 spiro atoms. The number of urea groups is 2. The van der Waals surface area contributed by atoms with Gasteiger partial charge in [-0.3, -0.25) is 28.3 Å². The number of fused-ring (bicyclic) bond motifs is 4. The Kier molecular flexibility index (Phi) is 13.2. The highest BCUT2D eigenvalue weighted by Gasteiger charge is 2.37. The number of para-hydroxylation sites is 2. The molecule has 0 aliphatic carbocycles. The molecule has 12 rings (SSSR count). The first-order chi connectivity index (χ1) is 36.8. The van der Waals surface area contributed by atoms with Gasteiger partial charge in [-0.25, -0.2) is 29.5 Å². The number of anilines is 2. The molecule has 1 unspecified atom stereocenters. The molecule has 4 amide bonds. The van der Waals surface area contributed by atoms with Crippen molar-refractivity contribution < 1.29 is 36.6 Å². The van der Waals surface area contributed by atoms with Crippen molar-refractivity contribution in [3.8, 4) is 33.8 Å². The quantitative estimate of drug-likeness (QED) is 0.150. The average molecular weight is 1040 g/mol. The second-order valence-corrected chi connectivity index (χ2v) is 18.7. The fourth-order valence-electron chi connectivity index (χ4n) is 10.3. The van der Waals surface area contributed by atoms with Gasteiger partial charge in [0.2, 0.25) is 11.9 Å². The molecule has 4 saturated heterocycles. The molecule has 4 aliphatic heterocycles. The number of benzene rings is 4. The number of nitrogens with one attached hydrogen (secondary N) is 2. The van der Waals surface area contributed by atoms with Gasteiger partial charge in [-0.05, 0) is 47.5 Å². The first kappa shape index (κ1) is 49.3. The number of nitrogens with zero attached hydrogens (tertiary/aromatic N) is 12. The van der Waals surface area contributed by atoms with Crippen LogP contribution in [0.25, 0.3) is 44.1 Å². The van der Waals surface area contributed by atoms with Gasteiger partial charge in [0, 0.05) is 113 Å². The van der Waals surface area contributed by atoms with E-state index in [0.29, 0.717) is 97.2 Å². The Morgan fingerprint density at radius 3 is 1.33 bits per heavy atom. The minimum Gasteiger partial charge on any atom is -0.434 e. The number of carbonyl (C=O) groups excluding carboxylic acids is 2. The van der Waals surface area contributed by atoms with E-state index in [1.165, 1.54) is 21.5 Å². The Balaban J connectivity index is 0.000000162. The molecular weight excluding hydrogens is 993 g/mol. The topological polar surface area (TPSA) is 195 Å². The van der Waals surface area contributed by atoms with Crippen molar-refractivity contribution in [3.05, 3.63) is 142 Å². The number of piperazine rings is 2. The van der Waals surface area contributed by atoms with Crippen molar-refractivity contribution in [2.24, 2.45) is 14.1 Å². The molecule has 2 N–H and O–H groups in total. The third-order valence-electron chi connectivity index (χ3n) is 14.3. The standard InChI is InChI=1S/2C26H25F2N7O3/c2*1-32-23(36)20-7-6-16(10-21(20)35(32)14-17-4-2-3-5-22(17)38-24(27)28)18-11-29-25(30-12-18)33-8-9-34-19(15-33)13-31-26(34)37/h2*2-7,10-12,19,24H,8-9,13-15H2,1H3,(H,31,37)/t19-;/m0./s1. The number of carbonyl (C=O) groups is 2. The third kappa shape index (κ3) is 9.56. The van der Waals surface area contributed by atoms with Crippen molar-refractivity contribution in [2.75, 3.05) is 62.2 Å². The molecule has 4 fully saturated rings. The molecule has 20 nitrogen and oxygen atoms in total. The van der Waals surface area contributed by atoms with Gasteiger partial charge in [0.05, 0.1) is 47.0 Å². The van der Waals surface area contributed by atoms with Crippen LogP contribution in [-0.2, 0) is 27.2 Å². The molecule has 76 heavy (non-hydrogen) atoms. The van der Waals surface area contributed by atoms with Crippen molar-refractivity contribution in [2.45, 2.75) is 38.4 Å². The lowest BCUT2D eigenvalue weighted by atomic mass is 10.1. The summed E-state index contributed by atoms with van der Waals surface area (Å²) in [4.78, 5) is 75.6. The van der Waals surface area contributed by atoms with Crippen LogP contribution in [0.4, 0.5) is 39.0 Å². The zero-order chi connectivity index (χ0) is 52.8. The number of rotatable bonds is 12. The van der Waals surface area contributed by atoms with Gasteiger partial charge < -0.3 is 39.7 Å². The molecule has 8 aromatic rings. The van der Waals surface area contributed by atoms with Gasteiger partial charge in [-0.2, -0.15) is 17.6 Å². The zero-order valence-electron chi connectivity index (χ0n) is 41.1. The molecule has 0 saturated carbocycles. The van der Waals surface area contributed by atoms with E-state index in [9.17, 15) is 36.7 Å². The van der Waals surface area contributed by atoms with E-state index >= 15 is 0 Å². The summed E-state index contributed by atoms with van der Waals surface area (Å²) < 4.78 is 67.4. The Morgan fingerprint density at radius 2 is 0.934 bits per heavy atom. The minimum atomic E-state index is -2.95. The predicted molar refractivity (Wildman–Crippen MR) is 273 cm³/mol. The molecule has 392 valence electrons. The van der Waals surface area contributed by atoms with Crippen LogP contribution in [0.3, 0.4) is 0 Å². The predicted octanol–water partition coefficient (Wildman–Crippen LogP) is 5.32. The van der Waals surface area contributed by atoms with Crippen LogP contribution >= 0.6 is 0 Å². The number of amides is 4. The van der Waals surface area contributed by atoms with E-state index in [2.05, 4.69) is 49.8 Å². The number of halogens is 4. The highest BCUT2D eigenvalue weighted by molar-refractivity contribution is 5.86. The maximum absolute atomic E-state index is 12.9. The summed E-state index contributed by atoms with van der Waals surface area (Å²) in [7, 11) is 3.29. The molecule has 24 heteroatoms. The second kappa shape index (κ2) is 20.4. The SMILES string of the molecule is Cn1c(=O)c2ccc(-c3cnc(N4CCN5C(=O)NCC5C4)nc3)cc2n1Cc1ccccc1OC(F)F.Cn1c(=O)c2ccc(-c3cnc(N4CCN5C(=O)NC[C@H]5C4)nc3)cc2n1Cc1ccccc1OC(F)F. The van der Waals surface area contributed by atoms with E-state index < -0.39 is 13.2 Å². The lowest BCUT2D eigenvalue weighted by molar-refractivity contribution is -0.0511. The van der Waals surface area contributed by atoms with Crippen LogP contribution in [-0.4, -0.2) is 138 Å². The van der Waals surface area contributed by atoms with Crippen molar-refractivity contribution >= 4 is 45.8 Å². The molecule has 4 aromatic heterocycles. The third-order valence-corrected chi connectivity index (χ3v) is 14.3. The van der Waals surface area contributed by atoms with Crippen molar-refractivity contribution in [3.63, 3.8) is 0 Å².